The number of hydrogen-bond donors (Lipinski definition) is 1. The quantitative estimate of drug-likeness (QED) is 0.898. The molecule has 5 rings (SSSR count). The van der Waals surface area contributed by atoms with Gasteiger partial charge in [0.1, 0.15) is 0 Å². The molecule has 1 N–H and O–H groups in total. The van der Waals surface area contributed by atoms with Crippen molar-refractivity contribution in [2.75, 3.05) is 13.6 Å². The molecule has 4 nitrogen and oxygen atoms in total. The summed E-state index contributed by atoms with van der Waals surface area (Å²) in [5.74, 6) is 2.71. The largest absolute Gasteiger partial charge is 0.350 e. The molecule has 0 spiro atoms. The van der Waals surface area contributed by atoms with Crippen LogP contribution in [-0.2, 0) is 11.3 Å². The number of rotatable bonds is 5. The fraction of sp³-hybridized carbons (Fsp3) is 0.619. The van der Waals surface area contributed by atoms with E-state index in [9.17, 15) is 4.79 Å². The van der Waals surface area contributed by atoms with E-state index in [2.05, 4.69) is 16.3 Å². The Morgan fingerprint density at radius 1 is 1.16 bits per heavy atom. The van der Waals surface area contributed by atoms with Crippen LogP contribution >= 0.6 is 0 Å². The Morgan fingerprint density at radius 2 is 1.72 bits per heavy atom. The lowest BCUT2D eigenvalue weighted by atomic mass is 9.53. The predicted molar refractivity (Wildman–Crippen MR) is 96.5 cm³/mol. The first-order valence-electron chi connectivity index (χ1n) is 9.52. The van der Waals surface area contributed by atoms with Gasteiger partial charge in [-0.05, 0) is 81.0 Å². The van der Waals surface area contributed by atoms with Crippen molar-refractivity contribution >= 4 is 5.91 Å². The van der Waals surface area contributed by atoms with E-state index in [-0.39, 0.29) is 11.4 Å². The van der Waals surface area contributed by atoms with Crippen LogP contribution in [0.25, 0.3) is 0 Å². The molecule has 0 atom stereocenters. The maximum absolute atomic E-state index is 12.6. The zero-order chi connectivity index (χ0) is 17.4. The zero-order valence-corrected chi connectivity index (χ0v) is 15.0. The Kier molecular flexibility index (Phi) is 4.29. The molecule has 0 saturated heterocycles. The van der Waals surface area contributed by atoms with Crippen LogP contribution in [0.5, 0.6) is 0 Å². The Bertz CT molecular complexity index is 653. The normalized spacial score (nSPS) is 32.6. The molecule has 4 fully saturated rings. The first-order valence-corrected chi connectivity index (χ1v) is 9.52. The van der Waals surface area contributed by atoms with Crippen LogP contribution in [0.15, 0.2) is 24.3 Å². The number of nitrogens with zero attached hydrogens (tertiary/aromatic N) is 2. The standard InChI is InChI=1S/C21H27N3O/c1-24(13-16-4-2-15(12-22)3-5-16)14-20(25)23-21-9-17-6-18(10-21)8-19(7-17)11-21/h2-5,17-19H,6-11,13-14H2,1H3,(H,23,25). The maximum atomic E-state index is 12.6. The van der Waals surface area contributed by atoms with E-state index >= 15 is 0 Å². The molecule has 25 heavy (non-hydrogen) atoms. The van der Waals surface area contributed by atoms with E-state index in [1.165, 1.54) is 38.5 Å². The highest BCUT2D eigenvalue weighted by Gasteiger charge is 2.51. The summed E-state index contributed by atoms with van der Waals surface area (Å²) in [6, 6.07) is 9.73. The van der Waals surface area contributed by atoms with Gasteiger partial charge in [-0.25, -0.2) is 0 Å². The Balaban J connectivity index is 1.32. The minimum Gasteiger partial charge on any atom is -0.350 e. The first kappa shape index (κ1) is 16.6. The number of hydrogen-bond acceptors (Lipinski definition) is 3. The van der Waals surface area contributed by atoms with Crippen LogP contribution < -0.4 is 5.32 Å². The van der Waals surface area contributed by atoms with Crippen molar-refractivity contribution in [3.05, 3.63) is 35.4 Å². The van der Waals surface area contributed by atoms with E-state index in [0.717, 1.165) is 29.9 Å². The third-order valence-corrected chi connectivity index (χ3v) is 6.39. The molecule has 0 radical (unpaired) electrons. The summed E-state index contributed by atoms with van der Waals surface area (Å²) in [5.41, 5.74) is 1.90. The molecule has 0 aromatic heterocycles. The summed E-state index contributed by atoms with van der Waals surface area (Å²) < 4.78 is 0. The van der Waals surface area contributed by atoms with Crippen LogP contribution in [0.3, 0.4) is 0 Å². The molecule has 1 amide bonds. The van der Waals surface area contributed by atoms with Crippen molar-refractivity contribution in [1.29, 1.82) is 5.26 Å². The van der Waals surface area contributed by atoms with Crippen LogP contribution in [0, 0.1) is 29.1 Å². The van der Waals surface area contributed by atoms with Crippen molar-refractivity contribution in [3.8, 4) is 6.07 Å². The highest BCUT2D eigenvalue weighted by atomic mass is 16.2. The molecule has 0 aliphatic heterocycles. The Hall–Kier alpha value is -1.86. The van der Waals surface area contributed by atoms with E-state index in [1.54, 1.807) is 0 Å². The molecule has 0 unspecified atom stereocenters. The van der Waals surface area contributed by atoms with Crippen molar-refractivity contribution in [2.24, 2.45) is 17.8 Å². The monoisotopic (exact) mass is 337 g/mol. The van der Waals surface area contributed by atoms with Gasteiger partial charge in [0.15, 0.2) is 0 Å². The lowest BCUT2D eigenvalue weighted by Crippen LogP contribution is -2.60. The van der Waals surface area contributed by atoms with Crippen LogP contribution in [-0.4, -0.2) is 29.9 Å². The zero-order valence-electron chi connectivity index (χ0n) is 15.0. The summed E-state index contributed by atoms with van der Waals surface area (Å²) >= 11 is 0. The van der Waals surface area contributed by atoms with Crippen LogP contribution in [0.4, 0.5) is 0 Å². The second kappa shape index (κ2) is 6.46. The Labute approximate surface area is 150 Å². The number of amides is 1. The van der Waals surface area contributed by atoms with Gasteiger partial charge in [0, 0.05) is 12.1 Å². The van der Waals surface area contributed by atoms with Gasteiger partial charge < -0.3 is 5.32 Å². The number of carbonyl (C=O) groups excluding carboxylic acids is 1. The first-order chi connectivity index (χ1) is 12.0. The number of nitriles is 1. The summed E-state index contributed by atoms with van der Waals surface area (Å²) in [4.78, 5) is 14.7. The lowest BCUT2D eigenvalue weighted by Gasteiger charge is -2.57. The summed E-state index contributed by atoms with van der Waals surface area (Å²) in [5, 5.41) is 12.3. The average Bonchev–Trinajstić information content (AvgIpc) is 2.53. The third kappa shape index (κ3) is 3.57. The van der Waals surface area contributed by atoms with Crippen molar-refractivity contribution in [1.82, 2.24) is 10.2 Å². The molecule has 4 heteroatoms. The highest BCUT2D eigenvalue weighted by Crippen LogP contribution is 2.55. The number of nitrogens with one attached hydrogen (secondary N) is 1. The molecule has 4 bridgehead atoms. The van der Waals surface area contributed by atoms with E-state index in [1.807, 2.05) is 31.3 Å². The van der Waals surface area contributed by atoms with Gasteiger partial charge in [0.05, 0.1) is 18.2 Å². The molecule has 0 heterocycles. The summed E-state index contributed by atoms with van der Waals surface area (Å²) in [6.45, 7) is 1.15. The molecule has 4 saturated carbocycles. The fourth-order valence-corrected chi connectivity index (χ4v) is 5.90. The molecular weight excluding hydrogens is 310 g/mol. The topological polar surface area (TPSA) is 56.1 Å². The average molecular weight is 337 g/mol. The van der Waals surface area contributed by atoms with Crippen LogP contribution in [0.1, 0.15) is 49.7 Å². The van der Waals surface area contributed by atoms with Gasteiger partial charge in [-0.2, -0.15) is 5.26 Å². The molecule has 1 aromatic rings. The third-order valence-electron chi connectivity index (χ3n) is 6.39. The molecule has 1 aromatic carbocycles. The van der Waals surface area contributed by atoms with Crippen molar-refractivity contribution in [2.45, 2.75) is 50.6 Å². The minimum absolute atomic E-state index is 0.0983. The maximum Gasteiger partial charge on any atom is 0.234 e. The molecule has 132 valence electrons. The number of likely N-dealkylation sites (N-methyl/N-ethyl adjacent to an activating group) is 1. The van der Waals surface area contributed by atoms with Gasteiger partial charge in [-0.15, -0.1) is 0 Å². The molecule has 4 aliphatic rings. The van der Waals surface area contributed by atoms with Gasteiger partial charge in [-0.1, -0.05) is 12.1 Å². The number of carbonyl (C=O) groups is 1. The van der Waals surface area contributed by atoms with E-state index < -0.39 is 0 Å². The molecular formula is C21H27N3O. The van der Waals surface area contributed by atoms with Crippen LogP contribution in [0.2, 0.25) is 0 Å². The second-order valence-electron chi connectivity index (χ2n) is 8.73. The number of benzene rings is 1. The lowest BCUT2D eigenvalue weighted by molar-refractivity contribution is -0.127. The highest BCUT2D eigenvalue weighted by molar-refractivity contribution is 5.79. The smallest absolute Gasteiger partial charge is 0.234 e. The van der Waals surface area contributed by atoms with Gasteiger partial charge in [0.2, 0.25) is 5.91 Å². The predicted octanol–water partition coefficient (Wildman–Crippen LogP) is 3.08. The van der Waals surface area contributed by atoms with Crippen molar-refractivity contribution in [3.63, 3.8) is 0 Å². The molecule has 4 aliphatic carbocycles. The second-order valence-corrected chi connectivity index (χ2v) is 8.73. The SMILES string of the molecule is CN(CC(=O)NC12CC3CC(CC(C3)C1)C2)Cc1ccc(C#N)cc1. The van der Waals surface area contributed by atoms with E-state index in [4.69, 9.17) is 5.26 Å². The van der Waals surface area contributed by atoms with Gasteiger partial charge in [-0.3, -0.25) is 9.69 Å². The fourth-order valence-electron chi connectivity index (χ4n) is 5.90. The van der Waals surface area contributed by atoms with Gasteiger partial charge >= 0.3 is 0 Å². The minimum atomic E-state index is 0.0983. The summed E-state index contributed by atoms with van der Waals surface area (Å²) in [6.07, 6.45) is 7.79. The van der Waals surface area contributed by atoms with E-state index in [0.29, 0.717) is 12.1 Å². The summed E-state index contributed by atoms with van der Waals surface area (Å²) in [7, 11) is 1.98. The van der Waals surface area contributed by atoms with Gasteiger partial charge in [0.25, 0.3) is 0 Å². The Morgan fingerprint density at radius 3 is 2.24 bits per heavy atom. The van der Waals surface area contributed by atoms with Crippen molar-refractivity contribution < 1.29 is 4.79 Å².